The van der Waals surface area contributed by atoms with E-state index < -0.39 is 0 Å². The monoisotopic (exact) mass is 351 g/mol. The maximum atomic E-state index is 12.3. The van der Waals surface area contributed by atoms with Crippen molar-refractivity contribution in [1.82, 2.24) is 14.9 Å². The van der Waals surface area contributed by atoms with E-state index in [4.69, 9.17) is 9.15 Å². The first kappa shape index (κ1) is 14.1. The predicted octanol–water partition coefficient (Wildman–Crippen LogP) is 2.52. The van der Waals surface area contributed by atoms with Crippen molar-refractivity contribution >= 4 is 21.8 Å². The molecule has 0 aliphatic carbocycles. The number of amides is 1. The van der Waals surface area contributed by atoms with E-state index in [1.807, 2.05) is 0 Å². The SMILES string of the molecule is O=C(c1ccc(Br)o1)N1CCC[C@@H](Oc2cnccn2)C1. The quantitative estimate of drug-likeness (QED) is 0.849. The number of nitrogens with zero attached hydrogens (tertiary/aromatic N) is 3. The molecule has 0 aromatic carbocycles. The summed E-state index contributed by atoms with van der Waals surface area (Å²) in [6.07, 6.45) is 6.46. The van der Waals surface area contributed by atoms with Crippen LogP contribution in [0.1, 0.15) is 23.4 Å². The fourth-order valence-corrected chi connectivity index (χ4v) is 2.63. The van der Waals surface area contributed by atoms with Crippen molar-refractivity contribution in [3.63, 3.8) is 0 Å². The van der Waals surface area contributed by atoms with Crippen LogP contribution in [0.3, 0.4) is 0 Å². The fraction of sp³-hybridized carbons (Fsp3) is 0.357. The van der Waals surface area contributed by atoms with Crippen molar-refractivity contribution in [2.24, 2.45) is 0 Å². The molecule has 3 heterocycles. The van der Waals surface area contributed by atoms with Gasteiger partial charge in [-0.1, -0.05) is 0 Å². The molecule has 7 heteroatoms. The average molecular weight is 352 g/mol. The molecule has 3 rings (SSSR count). The minimum absolute atomic E-state index is 0.0715. The first-order valence-electron chi connectivity index (χ1n) is 6.69. The largest absolute Gasteiger partial charge is 0.471 e. The molecular formula is C14H14BrN3O3. The smallest absolute Gasteiger partial charge is 0.289 e. The van der Waals surface area contributed by atoms with Crippen LogP contribution < -0.4 is 4.74 Å². The van der Waals surface area contributed by atoms with Gasteiger partial charge in [0.15, 0.2) is 10.4 Å². The highest BCUT2D eigenvalue weighted by molar-refractivity contribution is 9.10. The molecule has 1 fully saturated rings. The minimum Gasteiger partial charge on any atom is -0.471 e. The van der Waals surface area contributed by atoms with Crippen molar-refractivity contribution in [2.75, 3.05) is 13.1 Å². The molecule has 1 aliphatic rings. The first-order valence-corrected chi connectivity index (χ1v) is 7.49. The Bertz CT molecular complexity index is 617. The number of halogens is 1. The predicted molar refractivity (Wildman–Crippen MR) is 78.0 cm³/mol. The van der Waals surface area contributed by atoms with Crippen LogP contribution >= 0.6 is 15.9 Å². The van der Waals surface area contributed by atoms with Crippen molar-refractivity contribution in [1.29, 1.82) is 0 Å². The number of carbonyl (C=O) groups is 1. The second-order valence-electron chi connectivity index (χ2n) is 4.78. The van der Waals surface area contributed by atoms with Crippen molar-refractivity contribution in [2.45, 2.75) is 18.9 Å². The lowest BCUT2D eigenvalue weighted by Crippen LogP contribution is -2.44. The van der Waals surface area contributed by atoms with Crippen molar-refractivity contribution in [3.05, 3.63) is 41.2 Å². The van der Waals surface area contributed by atoms with Gasteiger partial charge in [0.25, 0.3) is 5.91 Å². The number of ether oxygens (including phenoxy) is 1. The molecule has 0 saturated carbocycles. The zero-order valence-electron chi connectivity index (χ0n) is 11.2. The molecule has 1 amide bonds. The third kappa shape index (κ3) is 3.41. The maximum absolute atomic E-state index is 12.3. The highest BCUT2D eigenvalue weighted by Crippen LogP contribution is 2.20. The van der Waals surface area contributed by atoms with Crippen LogP contribution in [-0.4, -0.2) is 40.0 Å². The number of carbonyl (C=O) groups excluding carboxylic acids is 1. The molecule has 0 radical (unpaired) electrons. The van der Waals surface area contributed by atoms with E-state index >= 15 is 0 Å². The van der Waals surface area contributed by atoms with Crippen molar-refractivity contribution in [3.8, 4) is 5.88 Å². The van der Waals surface area contributed by atoms with E-state index in [0.717, 1.165) is 12.8 Å². The van der Waals surface area contributed by atoms with Crippen LogP contribution in [0.15, 0.2) is 39.8 Å². The maximum Gasteiger partial charge on any atom is 0.289 e. The standard InChI is InChI=1S/C14H14BrN3O3/c15-12-4-3-11(21-12)14(19)18-7-1-2-10(9-18)20-13-8-16-5-6-17-13/h3-6,8,10H,1-2,7,9H2/t10-/m1/s1. The second-order valence-corrected chi connectivity index (χ2v) is 5.56. The van der Waals surface area contributed by atoms with Gasteiger partial charge in [-0.2, -0.15) is 0 Å². The number of furan rings is 1. The molecular weight excluding hydrogens is 338 g/mol. The highest BCUT2D eigenvalue weighted by Gasteiger charge is 2.27. The van der Waals surface area contributed by atoms with Gasteiger partial charge in [-0.15, -0.1) is 0 Å². The summed E-state index contributed by atoms with van der Waals surface area (Å²) in [5.41, 5.74) is 0. The molecule has 1 saturated heterocycles. The lowest BCUT2D eigenvalue weighted by molar-refractivity contribution is 0.0498. The summed E-state index contributed by atoms with van der Waals surface area (Å²) < 4.78 is 11.6. The molecule has 0 bridgehead atoms. The lowest BCUT2D eigenvalue weighted by atomic mass is 10.1. The fourth-order valence-electron chi connectivity index (χ4n) is 2.32. The van der Waals surface area contributed by atoms with E-state index in [2.05, 4.69) is 25.9 Å². The molecule has 2 aromatic heterocycles. The molecule has 110 valence electrons. The highest BCUT2D eigenvalue weighted by atomic mass is 79.9. The summed E-state index contributed by atoms with van der Waals surface area (Å²) in [6, 6.07) is 3.38. The van der Waals surface area contributed by atoms with Gasteiger partial charge in [-0.05, 0) is 40.9 Å². The Morgan fingerprint density at radius 3 is 3.05 bits per heavy atom. The van der Waals surface area contributed by atoms with E-state index in [9.17, 15) is 4.79 Å². The Labute approximate surface area is 130 Å². The summed E-state index contributed by atoms with van der Waals surface area (Å²) in [7, 11) is 0. The molecule has 0 N–H and O–H groups in total. The summed E-state index contributed by atoms with van der Waals surface area (Å²) >= 11 is 3.20. The zero-order valence-corrected chi connectivity index (χ0v) is 12.8. The Morgan fingerprint density at radius 2 is 2.33 bits per heavy atom. The topological polar surface area (TPSA) is 68.5 Å². The minimum atomic E-state index is -0.117. The second kappa shape index (κ2) is 6.26. The van der Waals surface area contributed by atoms with Crippen LogP contribution in [0.4, 0.5) is 0 Å². The number of hydrogen-bond donors (Lipinski definition) is 0. The van der Waals surface area contributed by atoms with E-state index in [1.165, 1.54) is 0 Å². The Hall–Kier alpha value is -1.89. The van der Waals surface area contributed by atoms with Crippen LogP contribution in [0, 0.1) is 0 Å². The molecule has 2 aromatic rings. The Balaban J connectivity index is 1.64. The normalized spacial score (nSPS) is 18.5. The molecule has 0 spiro atoms. The van der Waals surface area contributed by atoms with Crippen LogP contribution in [0.5, 0.6) is 5.88 Å². The van der Waals surface area contributed by atoms with Gasteiger partial charge >= 0.3 is 0 Å². The van der Waals surface area contributed by atoms with Gasteiger partial charge in [-0.3, -0.25) is 9.78 Å². The number of aromatic nitrogens is 2. The third-order valence-corrected chi connectivity index (χ3v) is 3.70. The van der Waals surface area contributed by atoms with E-state index in [0.29, 0.717) is 29.4 Å². The Morgan fingerprint density at radius 1 is 1.43 bits per heavy atom. The van der Waals surface area contributed by atoms with Crippen LogP contribution in [-0.2, 0) is 0 Å². The van der Waals surface area contributed by atoms with Crippen LogP contribution in [0.2, 0.25) is 0 Å². The molecule has 1 aliphatic heterocycles. The first-order chi connectivity index (χ1) is 10.2. The van der Waals surface area contributed by atoms with Gasteiger partial charge in [0, 0.05) is 18.9 Å². The van der Waals surface area contributed by atoms with E-state index in [-0.39, 0.29) is 12.0 Å². The van der Waals surface area contributed by atoms with Gasteiger partial charge in [0.05, 0.1) is 12.7 Å². The third-order valence-electron chi connectivity index (χ3n) is 3.28. The molecule has 21 heavy (non-hydrogen) atoms. The summed E-state index contributed by atoms with van der Waals surface area (Å²) in [5.74, 6) is 0.702. The number of hydrogen-bond acceptors (Lipinski definition) is 5. The Kier molecular flexibility index (Phi) is 4.19. The summed E-state index contributed by atoms with van der Waals surface area (Å²) in [4.78, 5) is 22.1. The number of piperidine rings is 1. The summed E-state index contributed by atoms with van der Waals surface area (Å²) in [5, 5.41) is 0. The number of rotatable bonds is 3. The van der Waals surface area contributed by atoms with E-state index in [1.54, 1.807) is 35.6 Å². The lowest BCUT2D eigenvalue weighted by Gasteiger charge is -2.31. The molecule has 1 atom stereocenters. The zero-order chi connectivity index (χ0) is 14.7. The molecule has 0 unspecified atom stereocenters. The number of likely N-dealkylation sites (tertiary alicyclic amines) is 1. The summed E-state index contributed by atoms with van der Waals surface area (Å²) in [6.45, 7) is 1.23. The molecule has 6 nitrogen and oxygen atoms in total. The van der Waals surface area contributed by atoms with Crippen molar-refractivity contribution < 1.29 is 13.9 Å². The van der Waals surface area contributed by atoms with Gasteiger partial charge in [0.1, 0.15) is 6.10 Å². The van der Waals surface area contributed by atoms with Crippen LogP contribution in [0.25, 0.3) is 0 Å². The average Bonchev–Trinajstić information content (AvgIpc) is 2.94. The van der Waals surface area contributed by atoms with Gasteiger partial charge in [-0.25, -0.2) is 4.98 Å². The van der Waals surface area contributed by atoms with Gasteiger partial charge in [0.2, 0.25) is 5.88 Å². The van der Waals surface area contributed by atoms with Gasteiger partial charge < -0.3 is 14.1 Å².